The molecule has 142 valence electrons. The Hall–Kier alpha value is -3.20. The van der Waals surface area contributed by atoms with E-state index in [2.05, 4.69) is 61.3 Å². The molecule has 0 fully saturated rings. The van der Waals surface area contributed by atoms with Crippen LogP contribution in [-0.2, 0) is 0 Å². The Kier molecular flexibility index (Phi) is 6.05. The molecule has 0 saturated carbocycles. The lowest BCUT2D eigenvalue weighted by molar-refractivity contribution is 0.414. The SMILES string of the molecule is C/N=C(\N=C(/C)c1ccc(-c2ccccc2C)c(C)c1)c1ccccc1OC. The molecule has 0 amide bonds. The molecule has 3 aromatic carbocycles. The first-order valence-corrected chi connectivity index (χ1v) is 9.37. The van der Waals surface area contributed by atoms with Crippen LogP contribution in [0.5, 0.6) is 5.75 Å². The first kappa shape index (κ1) is 19.6. The number of methoxy groups -OCH3 is 1. The number of aryl methyl sites for hydroxylation is 2. The van der Waals surface area contributed by atoms with Gasteiger partial charge in [0.25, 0.3) is 0 Å². The number of rotatable bonds is 4. The molecule has 0 spiro atoms. The van der Waals surface area contributed by atoms with Gasteiger partial charge in [-0.2, -0.15) is 0 Å². The minimum atomic E-state index is 0.663. The molecule has 3 heteroatoms. The number of benzene rings is 3. The molecule has 3 aromatic rings. The van der Waals surface area contributed by atoms with E-state index in [0.717, 1.165) is 22.6 Å². The van der Waals surface area contributed by atoms with E-state index in [1.165, 1.54) is 22.3 Å². The minimum absolute atomic E-state index is 0.663. The van der Waals surface area contributed by atoms with Crippen molar-refractivity contribution in [3.8, 4) is 16.9 Å². The van der Waals surface area contributed by atoms with Crippen molar-refractivity contribution < 1.29 is 4.74 Å². The molecular formula is C25H26N2O. The lowest BCUT2D eigenvalue weighted by atomic mass is 9.94. The van der Waals surface area contributed by atoms with E-state index in [1.807, 2.05) is 31.2 Å². The summed E-state index contributed by atoms with van der Waals surface area (Å²) in [5, 5.41) is 0. The maximum absolute atomic E-state index is 5.46. The van der Waals surface area contributed by atoms with Crippen LogP contribution in [-0.4, -0.2) is 25.7 Å². The van der Waals surface area contributed by atoms with Gasteiger partial charge >= 0.3 is 0 Å². The Morgan fingerprint density at radius 1 is 0.821 bits per heavy atom. The van der Waals surface area contributed by atoms with Crippen molar-refractivity contribution in [1.82, 2.24) is 0 Å². The van der Waals surface area contributed by atoms with Crippen LogP contribution in [0.1, 0.15) is 29.2 Å². The summed E-state index contributed by atoms with van der Waals surface area (Å²) < 4.78 is 5.46. The average molecular weight is 370 g/mol. The molecule has 0 unspecified atom stereocenters. The minimum Gasteiger partial charge on any atom is -0.496 e. The lowest BCUT2D eigenvalue weighted by Crippen LogP contribution is -2.06. The van der Waals surface area contributed by atoms with Gasteiger partial charge in [-0.25, -0.2) is 4.99 Å². The average Bonchev–Trinajstić information content (AvgIpc) is 2.72. The number of amidine groups is 1. The zero-order valence-electron chi connectivity index (χ0n) is 17.2. The third kappa shape index (κ3) is 4.04. The fourth-order valence-electron chi connectivity index (χ4n) is 3.35. The van der Waals surface area contributed by atoms with E-state index in [0.29, 0.717) is 5.84 Å². The maximum atomic E-state index is 5.46. The van der Waals surface area contributed by atoms with Crippen molar-refractivity contribution >= 4 is 11.5 Å². The van der Waals surface area contributed by atoms with E-state index in [9.17, 15) is 0 Å². The highest BCUT2D eigenvalue weighted by Crippen LogP contribution is 2.27. The molecule has 0 atom stereocenters. The molecule has 0 aliphatic heterocycles. The second-order valence-corrected chi connectivity index (χ2v) is 6.79. The topological polar surface area (TPSA) is 34.0 Å². The van der Waals surface area contributed by atoms with Crippen LogP contribution in [0.3, 0.4) is 0 Å². The van der Waals surface area contributed by atoms with Gasteiger partial charge in [-0.15, -0.1) is 0 Å². The van der Waals surface area contributed by atoms with Crippen LogP contribution < -0.4 is 4.74 Å². The van der Waals surface area contributed by atoms with Gasteiger partial charge in [0.15, 0.2) is 5.84 Å². The predicted molar refractivity (Wildman–Crippen MR) is 119 cm³/mol. The number of ether oxygens (including phenoxy) is 1. The number of hydrogen-bond acceptors (Lipinski definition) is 2. The molecule has 0 aliphatic rings. The van der Waals surface area contributed by atoms with Gasteiger partial charge in [-0.1, -0.05) is 48.5 Å². The molecule has 0 N–H and O–H groups in total. The van der Waals surface area contributed by atoms with Crippen LogP contribution in [0.15, 0.2) is 76.7 Å². The van der Waals surface area contributed by atoms with Crippen LogP contribution in [0.2, 0.25) is 0 Å². The van der Waals surface area contributed by atoms with Gasteiger partial charge in [0.1, 0.15) is 5.75 Å². The summed E-state index contributed by atoms with van der Waals surface area (Å²) in [7, 11) is 3.42. The van der Waals surface area contributed by atoms with Gasteiger partial charge in [-0.05, 0) is 66.8 Å². The van der Waals surface area contributed by atoms with Crippen molar-refractivity contribution in [2.24, 2.45) is 9.98 Å². The van der Waals surface area contributed by atoms with Crippen molar-refractivity contribution in [3.05, 3.63) is 89.0 Å². The molecular weight excluding hydrogens is 344 g/mol. The smallest absolute Gasteiger partial charge is 0.158 e. The standard InChI is InChI=1S/C25H26N2O/c1-17-10-6-7-11-21(17)22-15-14-20(16-18(22)2)19(3)27-25(26-4)23-12-8-9-13-24(23)28-5/h6-16H,1-5H3/b26-25-,27-19+. The Labute approximate surface area is 167 Å². The number of para-hydroxylation sites is 1. The molecule has 0 bridgehead atoms. The second-order valence-electron chi connectivity index (χ2n) is 6.79. The van der Waals surface area contributed by atoms with Crippen molar-refractivity contribution in [2.75, 3.05) is 14.2 Å². The number of aliphatic imine (C=N–C) groups is 2. The highest BCUT2D eigenvalue weighted by Gasteiger charge is 2.11. The molecule has 0 aliphatic carbocycles. The van der Waals surface area contributed by atoms with E-state index in [1.54, 1.807) is 14.2 Å². The maximum Gasteiger partial charge on any atom is 0.158 e. The zero-order valence-corrected chi connectivity index (χ0v) is 17.2. The van der Waals surface area contributed by atoms with Crippen LogP contribution >= 0.6 is 0 Å². The summed E-state index contributed by atoms with van der Waals surface area (Å²) in [6, 6.07) is 22.8. The molecule has 3 nitrogen and oxygen atoms in total. The first-order chi connectivity index (χ1) is 13.5. The Balaban J connectivity index is 1.97. The monoisotopic (exact) mass is 370 g/mol. The molecule has 3 rings (SSSR count). The van der Waals surface area contributed by atoms with Gasteiger partial charge in [0, 0.05) is 12.8 Å². The molecule has 0 radical (unpaired) electrons. The Morgan fingerprint density at radius 2 is 1.50 bits per heavy atom. The molecule has 0 aromatic heterocycles. The fourth-order valence-corrected chi connectivity index (χ4v) is 3.35. The van der Waals surface area contributed by atoms with Crippen LogP contribution in [0, 0.1) is 13.8 Å². The van der Waals surface area contributed by atoms with Gasteiger partial charge in [0.05, 0.1) is 12.7 Å². The normalized spacial score (nSPS) is 12.2. The predicted octanol–water partition coefficient (Wildman–Crippen LogP) is 5.86. The molecule has 28 heavy (non-hydrogen) atoms. The lowest BCUT2D eigenvalue weighted by Gasteiger charge is -2.12. The summed E-state index contributed by atoms with van der Waals surface area (Å²) in [5.41, 5.74) is 7.93. The first-order valence-electron chi connectivity index (χ1n) is 9.37. The van der Waals surface area contributed by atoms with E-state index in [-0.39, 0.29) is 0 Å². The van der Waals surface area contributed by atoms with E-state index < -0.39 is 0 Å². The van der Waals surface area contributed by atoms with E-state index >= 15 is 0 Å². The van der Waals surface area contributed by atoms with Gasteiger partial charge < -0.3 is 4.74 Å². The Bertz CT molecular complexity index is 1050. The largest absolute Gasteiger partial charge is 0.496 e. The summed E-state index contributed by atoms with van der Waals surface area (Å²) >= 11 is 0. The van der Waals surface area contributed by atoms with E-state index in [4.69, 9.17) is 9.73 Å². The van der Waals surface area contributed by atoms with Crippen molar-refractivity contribution in [1.29, 1.82) is 0 Å². The summed E-state index contributed by atoms with van der Waals surface area (Å²) in [6.07, 6.45) is 0. The van der Waals surface area contributed by atoms with Crippen molar-refractivity contribution in [2.45, 2.75) is 20.8 Å². The van der Waals surface area contributed by atoms with Crippen LogP contribution in [0.4, 0.5) is 0 Å². The zero-order chi connectivity index (χ0) is 20.1. The number of hydrogen-bond donors (Lipinski definition) is 0. The summed E-state index contributed by atoms with van der Waals surface area (Å²) in [5.74, 6) is 1.43. The van der Waals surface area contributed by atoms with Crippen molar-refractivity contribution in [3.63, 3.8) is 0 Å². The molecule has 0 heterocycles. The van der Waals surface area contributed by atoms with Gasteiger partial charge in [-0.3, -0.25) is 4.99 Å². The second kappa shape index (κ2) is 8.66. The Morgan fingerprint density at radius 3 is 2.18 bits per heavy atom. The summed E-state index contributed by atoms with van der Waals surface area (Å²) in [4.78, 5) is 9.17. The quantitative estimate of drug-likeness (QED) is 0.418. The van der Waals surface area contributed by atoms with Gasteiger partial charge in [0.2, 0.25) is 0 Å². The third-order valence-electron chi connectivity index (χ3n) is 4.91. The number of nitrogens with zero attached hydrogens (tertiary/aromatic N) is 2. The highest BCUT2D eigenvalue weighted by molar-refractivity contribution is 6.12. The highest BCUT2D eigenvalue weighted by atomic mass is 16.5. The van der Waals surface area contributed by atoms with Crippen LogP contribution in [0.25, 0.3) is 11.1 Å². The summed E-state index contributed by atoms with van der Waals surface area (Å²) in [6.45, 7) is 6.31. The third-order valence-corrected chi connectivity index (χ3v) is 4.91. The fraction of sp³-hybridized carbons (Fsp3) is 0.200. The molecule has 0 saturated heterocycles.